The van der Waals surface area contributed by atoms with Gasteiger partial charge in [0, 0.05) is 17.6 Å². The number of pyridine rings is 1. The van der Waals surface area contributed by atoms with Crippen LogP contribution in [0.25, 0.3) is 0 Å². The van der Waals surface area contributed by atoms with Crippen molar-refractivity contribution in [3.8, 4) is 0 Å². The third-order valence-corrected chi connectivity index (χ3v) is 4.00. The van der Waals surface area contributed by atoms with Crippen LogP contribution < -0.4 is 10.2 Å². The summed E-state index contributed by atoms with van der Waals surface area (Å²) in [6.07, 6.45) is 1.23. The van der Waals surface area contributed by atoms with Crippen molar-refractivity contribution in [1.82, 2.24) is 4.98 Å². The monoisotopic (exact) mass is 319 g/mol. The second-order valence-corrected chi connectivity index (χ2v) is 5.50. The van der Waals surface area contributed by atoms with Crippen molar-refractivity contribution in [3.63, 3.8) is 0 Å². The first-order chi connectivity index (χ1) is 11.7. The molecule has 24 heavy (non-hydrogen) atoms. The molecule has 1 unspecified atom stereocenters. The van der Waals surface area contributed by atoms with E-state index in [0.29, 0.717) is 16.9 Å². The maximum atomic E-state index is 13.3. The molecule has 0 saturated carbocycles. The summed E-state index contributed by atoms with van der Waals surface area (Å²) in [5.41, 5.74) is 2.66. The predicted octanol–water partition coefficient (Wildman–Crippen LogP) is 3.99. The molecule has 0 spiro atoms. The Morgan fingerprint density at radius 1 is 0.958 bits per heavy atom. The number of carbonyl (C=O) groups excluding carboxylic acids is 1. The largest absolute Gasteiger partial charge is 0.359 e. The average molecular weight is 319 g/mol. The van der Waals surface area contributed by atoms with Crippen LogP contribution in [0, 0.1) is 5.82 Å². The van der Waals surface area contributed by atoms with Crippen LogP contribution in [0.4, 0.5) is 15.8 Å². The first-order valence-electron chi connectivity index (χ1n) is 7.60. The SMILES string of the molecule is O=C1c2ccccc2NC(c2ccccn2)N1c1ccc(F)cc1. The molecule has 5 heteroatoms. The number of nitrogens with one attached hydrogen (secondary N) is 1. The fourth-order valence-corrected chi connectivity index (χ4v) is 2.87. The molecule has 0 bridgehead atoms. The lowest BCUT2D eigenvalue weighted by Crippen LogP contribution is -2.43. The highest BCUT2D eigenvalue weighted by molar-refractivity contribution is 6.12. The quantitative estimate of drug-likeness (QED) is 0.777. The topological polar surface area (TPSA) is 45.2 Å². The first kappa shape index (κ1) is 14.4. The van der Waals surface area contributed by atoms with E-state index in [9.17, 15) is 9.18 Å². The fourth-order valence-electron chi connectivity index (χ4n) is 2.87. The van der Waals surface area contributed by atoms with E-state index in [1.807, 2.05) is 36.4 Å². The predicted molar refractivity (Wildman–Crippen MR) is 90.3 cm³/mol. The third-order valence-electron chi connectivity index (χ3n) is 4.00. The highest BCUT2D eigenvalue weighted by atomic mass is 19.1. The van der Waals surface area contributed by atoms with E-state index < -0.39 is 6.17 Å². The Bertz CT molecular complexity index is 881. The number of amides is 1. The molecule has 2 aromatic carbocycles. The average Bonchev–Trinajstić information content (AvgIpc) is 2.63. The molecule has 1 atom stereocenters. The van der Waals surface area contributed by atoms with E-state index in [0.717, 1.165) is 5.69 Å². The van der Waals surface area contributed by atoms with Gasteiger partial charge in [0.05, 0.1) is 11.3 Å². The minimum absolute atomic E-state index is 0.147. The van der Waals surface area contributed by atoms with Crippen LogP contribution in [0.15, 0.2) is 72.9 Å². The van der Waals surface area contributed by atoms with Crippen LogP contribution in [0.1, 0.15) is 22.2 Å². The first-order valence-corrected chi connectivity index (χ1v) is 7.60. The molecular weight excluding hydrogens is 305 g/mol. The number of nitrogens with zero attached hydrogens (tertiary/aromatic N) is 2. The van der Waals surface area contributed by atoms with Crippen LogP contribution in [0.5, 0.6) is 0 Å². The minimum atomic E-state index is -0.459. The van der Waals surface area contributed by atoms with E-state index in [-0.39, 0.29) is 11.7 Å². The fraction of sp³-hybridized carbons (Fsp3) is 0.0526. The molecule has 4 nitrogen and oxygen atoms in total. The normalized spacial score (nSPS) is 16.5. The molecule has 0 radical (unpaired) electrons. The summed E-state index contributed by atoms with van der Waals surface area (Å²) in [5, 5.41) is 3.36. The Labute approximate surface area is 138 Å². The van der Waals surface area contributed by atoms with Gasteiger partial charge in [-0.1, -0.05) is 18.2 Å². The van der Waals surface area contributed by atoms with Crippen molar-refractivity contribution in [2.45, 2.75) is 6.17 Å². The molecule has 1 aliphatic heterocycles. The number of hydrogen-bond acceptors (Lipinski definition) is 3. The molecule has 0 aliphatic carbocycles. The smallest absolute Gasteiger partial charge is 0.262 e. The molecule has 2 heterocycles. The minimum Gasteiger partial charge on any atom is -0.359 e. The molecule has 118 valence electrons. The van der Waals surface area contributed by atoms with Gasteiger partial charge in [-0.05, 0) is 48.5 Å². The Hall–Kier alpha value is -3.21. The van der Waals surface area contributed by atoms with Gasteiger partial charge in [-0.15, -0.1) is 0 Å². The number of para-hydroxylation sites is 1. The van der Waals surface area contributed by atoms with Crippen molar-refractivity contribution in [3.05, 3.63) is 90.0 Å². The van der Waals surface area contributed by atoms with Gasteiger partial charge >= 0.3 is 0 Å². The Balaban J connectivity index is 1.86. The zero-order chi connectivity index (χ0) is 16.5. The maximum Gasteiger partial charge on any atom is 0.262 e. The maximum absolute atomic E-state index is 13.3. The molecule has 0 fully saturated rings. The second-order valence-electron chi connectivity index (χ2n) is 5.50. The van der Waals surface area contributed by atoms with Gasteiger partial charge in [0.1, 0.15) is 5.82 Å². The lowest BCUT2D eigenvalue weighted by atomic mass is 10.0. The molecule has 3 aromatic rings. The number of carbonyl (C=O) groups is 1. The zero-order valence-corrected chi connectivity index (χ0v) is 12.7. The summed E-state index contributed by atoms with van der Waals surface area (Å²) in [4.78, 5) is 19.0. The molecule has 1 aliphatic rings. The lowest BCUT2D eigenvalue weighted by molar-refractivity contribution is 0.0974. The van der Waals surface area contributed by atoms with Crippen molar-refractivity contribution >= 4 is 17.3 Å². The van der Waals surface area contributed by atoms with Crippen molar-refractivity contribution in [2.75, 3.05) is 10.2 Å². The standard InChI is InChI=1S/C19H14FN3O/c20-13-8-10-14(11-9-13)23-18(17-7-3-4-12-21-17)22-16-6-2-1-5-15(16)19(23)24/h1-12,18,22H. The van der Waals surface area contributed by atoms with Gasteiger partial charge in [0.2, 0.25) is 0 Å². The lowest BCUT2D eigenvalue weighted by Gasteiger charge is -2.37. The molecular formula is C19H14FN3O. The van der Waals surface area contributed by atoms with Gasteiger partial charge < -0.3 is 5.32 Å². The van der Waals surface area contributed by atoms with Crippen LogP contribution in [0.2, 0.25) is 0 Å². The zero-order valence-electron chi connectivity index (χ0n) is 12.7. The van der Waals surface area contributed by atoms with E-state index in [4.69, 9.17) is 0 Å². The number of fused-ring (bicyclic) bond motifs is 1. The Kier molecular flexibility index (Phi) is 3.46. The van der Waals surface area contributed by atoms with Crippen LogP contribution in [-0.2, 0) is 0 Å². The van der Waals surface area contributed by atoms with Crippen molar-refractivity contribution < 1.29 is 9.18 Å². The highest BCUT2D eigenvalue weighted by Crippen LogP contribution is 2.35. The van der Waals surface area contributed by atoms with Crippen LogP contribution in [-0.4, -0.2) is 10.9 Å². The molecule has 1 N–H and O–H groups in total. The summed E-state index contributed by atoms with van der Waals surface area (Å²) >= 11 is 0. The van der Waals surface area contributed by atoms with Gasteiger partial charge in [0.25, 0.3) is 5.91 Å². The van der Waals surface area contributed by atoms with Crippen LogP contribution in [0.3, 0.4) is 0 Å². The van der Waals surface area contributed by atoms with Gasteiger partial charge in [-0.2, -0.15) is 0 Å². The molecule has 1 aromatic heterocycles. The number of hydrogen-bond donors (Lipinski definition) is 1. The number of anilines is 2. The van der Waals surface area contributed by atoms with E-state index in [1.165, 1.54) is 12.1 Å². The summed E-state index contributed by atoms with van der Waals surface area (Å²) in [6.45, 7) is 0. The number of benzene rings is 2. The van der Waals surface area contributed by atoms with E-state index in [2.05, 4.69) is 10.3 Å². The Morgan fingerprint density at radius 2 is 1.71 bits per heavy atom. The molecule has 1 amide bonds. The van der Waals surface area contributed by atoms with Crippen molar-refractivity contribution in [2.24, 2.45) is 0 Å². The molecule has 4 rings (SSSR count). The van der Waals surface area contributed by atoms with Gasteiger partial charge in [-0.25, -0.2) is 4.39 Å². The number of rotatable bonds is 2. The van der Waals surface area contributed by atoms with Gasteiger partial charge in [-0.3, -0.25) is 14.7 Å². The van der Waals surface area contributed by atoms with Crippen LogP contribution >= 0.6 is 0 Å². The summed E-state index contributed by atoms with van der Waals surface area (Å²) in [6, 6.07) is 18.8. The van der Waals surface area contributed by atoms with E-state index in [1.54, 1.807) is 29.3 Å². The summed E-state index contributed by atoms with van der Waals surface area (Å²) < 4.78 is 13.3. The second kappa shape index (κ2) is 5.77. The van der Waals surface area contributed by atoms with E-state index >= 15 is 0 Å². The number of aromatic nitrogens is 1. The third kappa shape index (κ3) is 2.40. The molecule has 0 saturated heterocycles. The highest BCUT2D eigenvalue weighted by Gasteiger charge is 2.34. The summed E-state index contributed by atoms with van der Waals surface area (Å²) in [7, 11) is 0. The Morgan fingerprint density at radius 3 is 2.46 bits per heavy atom. The summed E-state index contributed by atoms with van der Waals surface area (Å²) in [5.74, 6) is -0.488. The number of halogens is 1. The van der Waals surface area contributed by atoms with Crippen molar-refractivity contribution in [1.29, 1.82) is 0 Å². The van der Waals surface area contributed by atoms with Gasteiger partial charge in [0.15, 0.2) is 6.17 Å².